The first-order valence-corrected chi connectivity index (χ1v) is 12.6. The highest BCUT2D eigenvalue weighted by atomic mass is 32.1. The number of benzene rings is 3. The van der Waals surface area contributed by atoms with Crippen LogP contribution in [0.25, 0.3) is 16.9 Å². The summed E-state index contributed by atoms with van der Waals surface area (Å²) in [5.41, 5.74) is 4.41. The molecule has 0 fully saturated rings. The van der Waals surface area contributed by atoms with Crippen LogP contribution in [0.3, 0.4) is 0 Å². The van der Waals surface area contributed by atoms with Crippen molar-refractivity contribution in [1.29, 1.82) is 0 Å². The molecule has 2 aromatic heterocycles. The van der Waals surface area contributed by atoms with Crippen LogP contribution in [-0.2, 0) is 13.6 Å². The van der Waals surface area contributed by atoms with Crippen LogP contribution >= 0.6 is 11.3 Å². The maximum atomic E-state index is 13.7. The lowest BCUT2D eigenvalue weighted by atomic mass is 10.1. The predicted molar refractivity (Wildman–Crippen MR) is 140 cm³/mol. The van der Waals surface area contributed by atoms with Crippen molar-refractivity contribution in [3.8, 4) is 28.4 Å². The average Bonchev–Trinajstić information content (AvgIpc) is 3.59. The third kappa shape index (κ3) is 4.17. The summed E-state index contributed by atoms with van der Waals surface area (Å²) < 4.78 is 30.1. The summed E-state index contributed by atoms with van der Waals surface area (Å²) >= 11 is 1.43. The Morgan fingerprint density at radius 1 is 1.00 bits per heavy atom. The summed E-state index contributed by atoms with van der Waals surface area (Å²) in [4.78, 5) is 19.0. The van der Waals surface area contributed by atoms with E-state index in [1.165, 1.54) is 23.5 Å². The Morgan fingerprint density at radius 2 is 1.76 bits per heavy atom. The van der Waals surface area contributed by atoms with E-state index in [1.54, 1.807) is 16.8 Å². The fourth-order valence-corrected chi connectivity index (χ4v) is 5.34. The van der Waals surface area contributed by atoms with E-state index in [4.69, 9.17) is 14.5 Å². The number of fused-ring (bicyclic) bond motifs is 1. The fourth-order valence-electron chi connectivity index (χ4n) is 4.42. The fraction of sp³-hybridized carbons (Fsp3) is 0.143. The Hall–Kier alpha value is -4.37. The zero-order valence-electron chi connectivity index (χ0n) is 20.2. The highest BCUT2D eigenvalue weighted by molar-refractivity contribution is 7.07. The molecule has 5 aromatic rings. The first-order valence-electron chi connectivity index (χ1n) is 11.7. The van der Waals surface area contributed by atoms with E-state index in [2.05, 4.69) is 0 Å². The van der Waals surface area contributed by atoms with Crippen molar-refractivity contribution < 1.29 is 13.9 Å². The molecule has 3 heterocycles. The topological polar surface area (TPSA) is 62.7 Å². The molecule has 3 aromatic carbocycles. The molecule has 0 N–H and O–H groups in total. The van der Waals surface area contributed by atoms with Crippen LogP contribution in [0.5, 0.6) is 11.5 Å². The van der Waals surface area contributed by atoms with Gasteiger partial charge in [0.1, 0.15) is 5.82 Å². The van der Waals surface area contributed by atoms with Crippen LogP contribution in [0.1, 0.15) is 11.3 Å². The summed E-state index contributed by atoms with van der Waals surface area (Å²) in [7, 11) is 1.85. The largest absolute Gasteiger partial charge is 0.454 e. The molecule has 0 saturated carbocycles. The summed E-state index contributed by atoms with van der Waals surface area (Å²) in [5.74, 6) is 1.11. The molecule has 7 nitrogen and oxygen atoms in total. The lowest BCUT2D eigenvalue weighted by Crippen LogP contribution is -2.20. The molecule has 0 unspecified atom stereocenters. The molecular weight excluding hydrogens is 491 g/mol. The first kappa shape index (κ1) is 23.1. The summed E-state index contributed by atoms with van der Waals surface area (Å²) in [6, 6.07) is 21.7. The molecule has 0 aliphatic carbocycles. The molecule has 37 heavy (non-hydrogen) atoms. The van der Waals surface area contributed by atoms with Gasteiger partial charge in [-0.05, 0) is 66.6 Å². The Morgan fingerprint density at radius 3 is 2.54 bits per heavy atom. The summed E-state index contributed by atoms with van der Waals surface area (Å²) in [6.45, 7) is 2.56. The highest BCUT2D eigenvalue weighted by Gasteiger charge is 2.18. The maximum absolute atomic E-state index is 13.7. The zero-order valence-corrected chi connectivity index (χ0v) is 21.0. The van der Waals surface area contributed by atoms with Crippen LogP contribution in [0.15, 0.2) is 88.0 Å². The van der Waals surface area contributed by atoms with Gasteiger partial charge in [-0.3, -0.25) is 9.48 Å². The second kappa shape index (κ2) is 9.25. The van der Waals surface area contributed by atoms with Crippen LogP contribution in [0.2, 0.25) is 0 Å². The van der Waals surface area contributed by atoms with Crippen LogP contribution < -0.4 is 19.8 Å². The number of ether oxygens (including phenoxy) is 2. The minimum absolute atomic E-state index is 0.197. The summed E-state index contributed by atoms with van der Waals surface area (Å²) in [6.07, 6.45) is 0. The van der Waals surface area contributed by atoms with Crippen molar-refractivity contribution >= 4 is 17.0 Å². The SMILES string of the molecule is Cc1c(N=c2scc(-c3ccc(F)cc3)n2Cc2ccc3c(c2)OCO3)c(=O)n(-c2ccccc2)n1C. The van der Waals surface area contributed by atoms with Gasteiger partial charge in [-0.15, -0.1) is 11.3 Å². The normalized spacial score (nSPS) is 12.9. The Kier molecular flexibility index (Phi) is 5.77. The molecule has 9 heteroatoms. The third-order valence-corrected chi connectivity index (χ3v) is 7.31. The maximum Gasteiger partial charge on any atom is 0.297 e. The molecule has 186 valence electrons. The smallest absolute Gasteiger partial charge is 0.297 e. The van der Waals surface area contributed by atoms with E-state index in [-0.39, 0.29) is 18.2 Å². The second-order valence-electron chi connectivity index (χ2n) is 8.71. The van der Waals surface area contributed by atoms with Gasteiger partial charge in [-0.1, -0.05) is 24.3 Å². The molecule has 6 rings (SSSR count). The van der Waals surface area contributed by atoms with Gasteiger partial charge in [0, 0.05) is 12.4 Å². The number of halogens is 1. The van der Waals surface area contributed by atoms with Crippen molar-refractivity contribution in [2.24, 2.45) is 12.0 Å². The van der Waals surface area contributed by atoms with Crippen molar-refractivity contribution in [1.82, 2.24) is 13.9 Å². The van der Waals surface area contributed by atoms with Gasteiger partial charge >= 0.3 is 0 Å². The standard InChI is InChI=1S/C28H23FN4O3S/c1-18-26(27(34)33(31(18)2)22-6-4-3-5-7-22)30-28-32(15-19-8-13-24-25(14-19)36-17-35-24)23(16-37-28)20-9-11-21(29)12-10-20/h3-14,16H,15,17H2,1-2H3. The molecule has 0 saturated heterocycles. The van der Waals surface area contributed by atoms with E-state index in [9.17, 15) is 9.18 Å². The van der Waals surface area contributed by atoms with E-state index in [0.717, 1.165) is 28.2 Å². The van der Waals surface area contributed by atoms with E-state index >= 15 is 0 Å². The van der Waals surface area contributed by atoms with Crippen molar-refractivity contribution in [2.75, 3.05) is 6.79 Å². The minimum Gasteiger partial charge on any atom is -0.454 e. The van der Waals surface area contributed by atoms with E-state index < -0.39 is 0 Å². The van der Waals surface area contributed by atoms with Gasteiger partial charge in [-0.2, -0.15) is 0 Å². The molecule has 0 bridgehead atoms. The predicted octanol–water partition coefficient (Wildman–Crippen LogP) is 5.16. The monoisotopic (exact) mass is 514 g/mol. The quantitative estimate of drug-likeness (QED) is 0.325. The van der Waals surface area contributed by atoms with Gasteiger partial charge in [0.2, 0.25) is 6.79 Å². The van der Waals surface area contributed by atoms with Gasteiger partial charge in [-0.25, -0.2) is 14.1 Å². The highest BCUT2D eigenvalue weighted by Crippen LogP contribution is 2.33. The number of rotatable bonds is 5. The molecule has 0 amide bonds. The number of para-hydroxylation sites is 1. The van der Waals surface area contributed by atoms with E-state index in [0.29, 0.717) is 28.5 Å². The van der Waals surface area contributed by atoms with Crippen molar-refractivity contribution in [3.63, 3.8) is 0 Å². The minimum atomic E-state index is -0.299. The van der Waals surface area contributed by atoms with Crippen LogP contribution in [-0.4, -0.2) is 20.7 Å². The summed E-state index contributed by atoms with van der Waals surface area (Å²) in [5, 5.41) is 1.98. The third-order valence-electron chi connectivity index (χ3n) is 6.45. The van der Waals surface area contributed by atoms with Crippen molar-refractivity contribution in [3.05, 3.63) is 110 Å². The number of hydrogen-bond acceptors (Lipinski definition) is 5. The molecule has 0 spiro atoms. The Labute approximate surface area is 215 Å². The Bertz CT molecular complexity index is 1730. The van der Waals surface area contributed by atoms with Crippen LogP contribution in [0, 0.1) is 12.7 Å². The number of nitrogens with zero attached hydrogens (tertiary/aromatic N) is 4. The van der Waals surface area contributed by atoms with Gasteiger partial charge in [0.15, 0.2) is 22.0 Å². The Balaban J connectivity index is 1.51. The first-order chi connectivity index (χ1) is 18.0. The molecule has 1 aliphatic rings. The van der Waals surface area contributed by atoms with Crippen LogP contribution in [0.4, 0.5) is 10.1 Å². The lowest BCUT2D eigenvalue weighted by molar-refractivity contribution is 0.174. The van der Waals surface area contributed by atoms with Gasteiger partial charge in [0.05, 0.1) is 23.6 Å². The number of hydrogen-bond donors (Lipinski definition) is 0. The molecular formula is C28H23FN4O3S. The molecule has 1 aliphatic heterocycles. The average molecular weight is 515 g/mol. The second-order valence-corrected chi connectivity index (χ2v) is 9.54. The van der Waals surface area contributed by atoms with Crippen molar-refractivity contribution in [2.45, 2.75) is 13.5 Å². The molecule has 0 radical (unpaired) electrons. The number of aromatic nitrogens is 3. The van der Waals surface area contributed by atoms with Gasteiger partial charge in [0.25, 0.3) is 5.56 Å². The molecule has 0 atom stereocenters. The number of thiazole rings is 1. The van der Waals surface area contributed by atoms with Gasteiger partial charge < -0.3 is 14.0 Å². The van der Waals surface area contributed by atoms with E-state index in [1.807, 2.05) is 77.1 Å². The zero-order chi connectivity index (χ0) is 25.5. The lowest BCUT2D eigenvalue weighted by Gasteiger charge is -2.10.